The Morgan fingerprint density at radius 2 is 1.91 bits per heavy atom. The predicted molar refractivity (Wildman–Crippen MR) is 87.3 cm³/mol. The Morgan fingerprint density at radius 1 is 1.22 bits per heavy atom. The molecule has 1 atom stereocenters. The summed E-state index contributed by atoms with van der Waals surface area (Å²) in [6, 6.07) is -0.668. The van der Waals surface area contributed by atoms with Crippen molar-refractivity contribution in [2.45, 2.75) is 44.6 Å². The van der Waals surface area contributed by atoms with Crippen LogP contribution >= 0.6 is 0 Å². The van der Waals surface area contributed by atoms with Crippen LogP contribution in [0.5, 0.6) is 0 Å². The molecule has 2 fully saturated rings. The van der Waals surface area contributed by atoms with E-state index in [0.29, 0.717) is 6.54 Å². The van der Waals surface area contributed by atoms with Gasteiger partial charge in [0.1, 0.15) is 0 Å². The number of hydrogen-bond acceptors (Lipinski definition) is 5. The lowest BCUT2D eigenvalue weighted by molar-refractivity contribution is -0.141. The number of carbonyl (C=O) groups is 3. The number of carbonyl (C=O) groups excluding carboxylic acids is 3. The lowest BCUT2D eigenvalue weighted by Gasteiger charge is -2.36. The fourth-order valence-electron chi connectivity index (χ4n) is 3.08. The first-order valence-electron chi connectivity index (χ1n) is 8.33. The van der Waals surface area contributed by atoms with Crippen LogP contribution in [0.3, 0.4) is 0 Å². The van der Waals surface area contributed by atoms with E-state index in [1.54, 1.807) is 0 Å². The van der Waals surface area contributed by atoms with E-state index in [9.17, 15) is 14.4 Å². The highest BCUT2D eigenvalue weighted by atomic mass is 16.2. The first-order chi connectivity index (χ1) is 11.0. The summed E-state index contributed by atoms with van der Waals surface area (Å²) < 4.78 is 0. The van der Waals surface area contributed by atoms with Crippen LogP contribution in [-0.2, 0) is 9.59 Å². The minimum absolute atomic E-state index is 0.0889. The Labute approximate surface area is 137 Å². The monoisotopic (exact) mass is 322 g/mol. The van der Waals surface area contributed by atoms with Crippen molar-refractivity contribution in [2.75, 3.05) is 27.2 Å². The normalized spacial score (nSPS) is 23.9. The number of imide groups is 2. The number of nitrogens with one attached hydrogen (secondary N) is 1. The van der Waals surface area contributed by atoms with Crippen LogP contribution in [0.4, 0.5) is 4.79 Å². The molecule has 1 aliphatic heterocycles. The van der Waals surface area contributed by atoms with Gasteiger partial charge >= 0.3 is 6.03 Å². The van der Waals surface area contributed by atoms with Gasteiger partial charge in [0.2, 0.25) is 11.8 Å². The maximum atomic E-state index is 12.6. The molecule has 0 aromatic carbocycles. The molecule has 0 aromatic heterocycles. The predicted octanol–water partition coefficient (Wildman–Crippen LogP) is 1.04. The topological polar surface area (TPSA) is 82.1 Å². The van der Waals surface area contributed by atoms with Crippen LogP contribution in [0.2, 0.25) is 0 Å². The number of hydrogen-bond donors (Lipinski definition) is 1. The number of aliphatic imine (C=N–C) groups is 1. The third kappa shape index (κ3) is 4.60. The van der Waals surface area contributed by atoms with Gasteiger partial charge in [-0.3, -0.25) is 24.8 Å². The van der Waals surface area contributed by atoms with E-state index in [4.69, 9.17) is 0 Å². The fourth-order valence-corrected chi connectivity index (χ4v) is 3.08. The Balaban J connectivity index is 1.98. The van der Waals surface area contributed by atoms with Crippen LogP contribution in [-0.4, -0.2) is 67.1 Å². The van der Waals surface area contributed by atoms with Crippen molar-refractivity contribution in [2.24, 2.45) is 10.9 Å². The molecule has 1 aliphatic carbocycles. The van der Waals surface area contributed by atoms with Gasteiger partial charge in [0.15, 0.2) is 5.92 Å². The van der Waals surface area contributed by atoms with Crippen LogP contribution in [0.15, 0.2) is 4.99 Å². The molecule has 0 radical (unpaired) electrons. The zero-order chi connectivity index (χ0) is 16.8. The standard InChI is InChI=1S/C16H26N4O3/c1-19(2)10-6-9-17-11-13-14(21)18-16(23)20(15(13)22)12-7-4-3-5-8-12/h11-13H,3-10H2,1-2H3,(H,18,21,23). The summed E-state index contributed by atoms with van der Waals surface area (Å²) in [6.07, 6.45) is 7.06. The molecule has 1 heterocycles. The number of amides is 4. The molecule has 1 unspecified atom stereocenters. The highest BCUT2D eigenvalue weighted by Crippen LogP contribution is 2.25. The number of barbiturate groups is 1. The van der Waals surface area contributed by atoms with Gasteiger partial charge in [0, 0.05) is 18.8 Å². The number of rotatable bonds is 6. The fraction of sp³-hybridized carbons (Fsp3) is 0.750. The number of urea groups is 1. The Kier molecular flexibility index (Phi) is 6.27. The van der Waals surface area contributed by atoms with E-state index < -0.39 is 23.8 Å². The van der Waals surface area contributed by atoms with Crippen LogP contribution < -0.4 is 5.32 Å². The molecule has 2 aliphatic rings. The maximum Gasteiger partial charge on any atom is 0.331 e. The molecule has 7 nitrogen and oxygen atoms in total. The van der Waals surface area contributed by atoms with Crippen molar-refractivity contribution in [3.05, 3.63) is 0 Å². The second-order valence-corrected chi connectivity index (χ2v) is 6.48. The van der Waals surface area contributed by atoms with Crippen molar-refractivity contribution in [3.63, 3.8) is 0 Å². The average Bonchev–Trinajstić information content (AvgIpc) is 2.50. The van der Waals surface area contributed by atoms with Gasteiger partial charge in [-0.1, -0.05) is 19.3 Å². The molecule has 0 bridgehead atoms. The third-order valence-electron chi connectivity index (χ3n) is 4.32. The second-order valence-electron chi connectivity index (χ2n) is 6.48. The molecule has 0 aromatic rings. The summed E-state index contributed by atoms with van der Waals surface area (Å²) in [7, 11) is 3.96. The maximum absolute atomic E-state index is 12.6. The molecule has 23 heavy (non-hydrogen) atoms. The molecule has 7 heteroatoms. The molecular formula is C16H26N4O3. The molecular weight excluding hydrogens is 296 g/mol. The van der Waals surface area contributed by atoms with Gasteiger partial charge < -0.3 is 4.90 Å². The molecule has 0 spiro atoms. The van der Waals surface area contributed by atoms with E-state index in [-0.39, 0.29) is 6.04 Å². The van der Waals surface area contributed by atoms with Crippen molar-refractivity contribution in [3.8, 4) is 0 Å². The minimum atomic E-state index is -0.978. The van der Waals surface area contributed by atoms with Gasteiger partial charge in [-0.05, 0) is 39.9 Å². The minimum Gasteiger partial charge on any atom is -0.309 e. The summed E-state index contributed by atoms with van der Waals surface area (Å²) in [6.45, 7) is 1.46. The van der Waals surface area contributed by atoms with E-state index in [2.05, 4.69) is 15.2 Å². The van der Waals surface area contributed by atoms with E-state index >= 15 is 0 Å². The van der Waals surface area contributed by atoms with Gasteiger partial charge in [-0.15, -0.1) is 0 Å². The van der Waals surface area contributed by atoms with Crippen LogP contribution in [0.1, 0.15) is 38.5 Å². The SMILES string of the molecule is CN(C)CCCN=CC1C(=O)NC(=O)N(C2CCCCC2)C1=O. The first kappa shape index (κ1) is 17.6. The Morgan fingerprint density at radius 3 is 2.57 bits per heavy atom. The van der Waals surface area contributed by atoms with Crippen LogP contribution in [0.25, 0.3) is 0 Å². The lowest BCUT2D eigenvalue weighted by Crippen LogP contribution is -2.61. The smallest absolute Gasteiger partial charge is 0.309 e. The van der Waals surface area contributed by atoms with Crippen molar-refractivity contribution in [1.29, 1.82) is 0 Å². The van der Waals surface area contributed by atoms with Gasteiger partial charge in [0.05, 0.1) is 0 Å². The third-order valence-corrected chi connectivity index (χ3v) is 4.32. The largest absolute Gasteiger partial charge is 0.331 e. The molecule has 4 amide bonds. The van der Waals surface area contributed by atoms with Gasteiger partial charge in [0.25, 0.3) is 0 Å². The second kappa shape index (κ2) is 8.19. The van der Waals surface area contributed by atoms with E-state index in [0.717, 1.165) is 45.1 Å². The summed E-state index contributed by atoms with van der Waals surface area (Å²) in [4.78, 5) is 44.0. The van der Waals surface area contributed by atoms with Crippen LogP contribution in [0, 0.1) is 5.92 Å². The van der Waals surface area contributed by atoms with E-state index in [1.807, 2.05) is 14.1 Å². The zero-order valence-electron chi connectivity index (χ0n) is 14.0. The lowest BCUT2D eigenvalue weighted by atomic mass is 9.92. The zero-order valence-corrected chi connectivity index (χ0v) is 14.0. The molecule has 128 valence electrons. The van der Waals surface area contributed by atoms with Crippen molar-refractivity contribution < 1.29 is 14.4 Å². The molecule has 1 saturated heterocycles. The Hall–Kier alpha value is -1.76. The summed E-state index contributed by atoms with van der Waals surface area (Å²) in [5.41, 5.74) is 0. The van der Waals surface area contributed by atoms with Crippen molar-refractivity contribution >= 4 is 24.1 Å². The highest BCUT2D eigenvalue weighted by molar-refractivity contribution is 6.23. The first-order valence-corrected chi connectivity index (χ1v) is 8.33. The summed E-state index contributed by atoms with van der Waals surface area (Å²) in [5, 5.41) is 2.29. The highest BCUT2D eigenvalue weighted by Gasteiger charge is 2.42. The molecule has 2 rings (SSSR count). The Bertz CT molecular complexity index is 484. The van der Waals surface area contributed by atoms with Gasteiger partial charge in [-0.2, -0.15) is 0 Å². The summed E-state index contributed by atoms with van der Waals surface area (Å²) >= 11 is 0. The quantitative estimate of drug-likeness (QED) is 0.450. The van der Waals surface area contributed by atoms with E-state index in [1.165, 1.54) is 11.1 Å². The average molecular weight is 322 g/mol. The van der Waals surface area contributed by atoms with Gasteiger partial charge in [-0.25, -0.2) is 4.79 Å². The molecule has 1 saturated carbocycles. The summed E-state index contributed by atoms with van der Waals surface area (Å²) in [5.74, 6) is -1.97. The molecule has 1 N–H and O–H groups in total. The number of nitrogens with zero attached hydrogens (tertiary/aromatic N) is 3. The van der Waals surface area contributed by atoms with Crippen molar-refractivity contribution in [1.82, 2.24) is 15.1 Å².